The van der Waals surface area contributed by atoms with Crippen LogP contribution in [0.15, 0.2) is 0 Å². The predicted molar refractivity (Wildman–Crippen MR) is 47.5 cm³/mol. The van der Waals surface area contributed by atoms with Gasteiger partial charge in [0, 0.05) is 6.92 Å². The largest absolute Gasteiger partial charge is 0.462 e. The highest BCUT2D eigenvalue weighted by Gasteiger charge is 2.30. The smallest absolute Gasteiger partial charge is 0.302 e. The van der Waals surface area contributed by atoms with Crippen LogP contribution in [0, 0.1) is 5.92 Å². The van der Waals surface area contributed by atoms with Gasteiger partial charge in [-0.15, -0.1) is 9.24 Å². The van der Waals surface area contributed by atoms with E-state index in [4.69, 9.17) is 4.74 Å². The van der Waals surface area contributed by atoms with Crippen LogP contribution in [0.25, 0.3) is 0 Å². The zero-order chi connectivity index (χ0) is 8.43. The SMILES string of the molecule is CC(=O)OC1CC(P)CC1C. The minimum Gasteiger partial charge on any atom is -0.462 e. The first-order valence-corrected chi connectivity index (χ1v) is 4.69. The molecule has 0 bridgehead atoms. The zero-order valence-corrected chi connectivity index (χ0v) is 8.19. The Hall–Kier alpha value is -0.100. The zero-order valence-electron chi connectivity index (χ0n) is 7.04. The molecule has 64 valence electrons. The molecular formula is C8H15O2P. The highest BCUT2D eigenvalue weighted by atomic mass is 31.0. The van der Waals surface area contributed by atoms with Gasteiger partial charge in [0.1, 0.15) is 6.10 Å². The normalized spacial score (nSPS) is 37.2. The minimum atomic E-state index is -0.152. The Bertz CT molecular complexity index is 158. The van der Waals surface area contributed by atoms with Crippen LogP contribution in [-0.4, -0.2) is 17.7 Å². The Morgan fingerprint density at radius 2 is 2.18 bits per heavy atom. The molecule has 1 fully saturated rings. The third-order valence-electron chi connectivity index (χ3n) is 2.16. The first-order chi connectivity index (χ1) is 5.09. The van der Waals surface area contributed by atoms with Gasteiger partial charge in [-0.3, -0.25) is 4.79 Å². The summed E-state index contributed by atoms with van der Waals surface area (Å²) < 4.78 is 5.14. The fourth-order valence-electron chi connectivity index (χ4n) is 1.63. The van der Waals surface area contributed by atoms with Crippen molar-refractivity contribution in [2.75, 3.05) is 0 Å². The van der Waals surface area contributed by atoms with Crippen LogP contribution in [0.5, 0.6) is 0 Å². The van der Waals surface area contributed by atoms with E-state index >= 15 is 0 Å². The maximum Gasteiger partial charge on any atom is 0.302 e. The molecule has 0 N–H and O–H groups in total. The average Bonchev–Trinajstić information content (AvgIpc) is 2.09. The number of carbonyl (C=O) groups excluding carboxylic acids is 1. The first-order valence-electron chi connectivity index (χ1n) is 4.02. The molecule has 1 aliphatic carbocycles. The molecule has 0 aliphatic heterocycles. The van der Waals surface area contributed by atoms with Crippen molar-refractivity contribution >= 4 is 15.2 Å². The molecule has 0 aromatic heterocycles. The van der Waals surface area contributed by atoms with Gasteiger partial charge in [0.2, 0.25) is 0 Å². The van der Waals surface area contributed by atoms with Crippen molar-refractivity contribution in [3.05, 3.63) is 0 Å². The summed E-state index contributed by atoms with van der Waals surface area (Å²) in [6.07, 6.45) is 2.32. The lowest BCUT2D eigenvalue weighted by Gasteiger charge is -2.14. The minimum absolute atomic E-state index is 0.152. The average molecular weight is 174 g/mol. The lowest BCUT2D eigenvalue weighted by molar-refractivity contribution is -0.147. The van der Waals surface area contributed by atoms with Crippen molar-refractivity contribution in [1.29, 1.82) is 0 Å². The number of carbonyl (C=O) groups is 1. The van der Waals surface area contributed by atoms with Crippen molar-refractivity contribution in [3.63, 3.8) is 0 Å². The van der Waals surface area contributed by atoms with E-state index in [9.17, 15) is 4.79 Å². The number of rotatable bonds is 1. The molecule has 11 heavy (non-hydrogen) atoms. The van der Waals surface area contributed by atoms with Crippen molar-refractivity contribution in [1.82, 2.24) is 0 Å². The van der Waals surface area contributed by atoms with E-state index in [0.29, 0.717) is 11.6 Å². The highest BCUT2D eigenvalue weighted by Crippen LogP contribution is 2.32. The predicted octanol–water partition coefficient (Wildman–Crippen LogP) is 1.59. The molecule has 0 aromatic rings. The third kappa shape index (κ3) is 2.44. The summed E-state index contributed by atoms with van der Waals surface area (Å²) in [5.74, 6) is 0.377. The van der Waals surface area contributed by atoms with Crippen molar-refractivity contribution < 1.29 is 9.53 Å². The topological polar surface area (TPSA) is 26.3 Å². The Kier molecular flexibility index (Phi) is 2.89. The summed E-state index contributed by atoms with van der Waals surface area (Å²) in [5, 5.41) is 0. The number of esters is 1. The summed E-state index contributed by atoms with van der Waals surface area (Å²) >= 11 is 0. The molecule has 1 aliphatic rings. The molecule has 3 heteroatoms. The molecule has 0 aromatic carbocycles. The molecule has 4 unspecified atom stereocenters. The van der Waals surface area contributed by atoms with Crippen molar-refractivity contribution in [2.24, 2.45) is 5.92 Å². The molecule has 0 radical (unpaired) electrons. The van der Waals surface area contributed by atoms with E-state index in [1.54, 1.807) is 0 Å². The van der Waals surface area contributed by atoms with E-state index < -0.39 is 0 Å². The van der Waals surface area contributed by atoms with E-state index in [1.165, 1.54) is 6.92 Å². The second kappa shape index (κ2) is 3.53. The molecule has 0 spiro atoms. The lowest BCUT2D eigenvalue weighted by Crippen LogP contribution is -2.18. The van der Waals surface area contributed by atoms with Crippen LogP contribution in [-0.2, 0) is 9.53 Å². The van der Waals surface area contributed by atoms with Gasteiger partial charge in [-0.25, -0.2) is 0 Å². The lowest BCUT2D eigenvalue weighted by atomic mass is 10.1. The van der Waals surface area contributed by atoms with Crippen molar-refractivity contribution in [2.45, 2.75) is 38.5 Å². The van der Waals surface area contributed by atoms with E-state index in [0.717, 1.165) is 12.8 Å². The van der Waals surface area contributed by atoms with Gasteiger partial charge in [-0.2, -0.15) is 0 Å². The monoisotopic (exact) mass is 174 g/mol. The second-order valence-electron chi connectivity index (χ2n) is 3.36. The molecular weight excluding hydrogens is 159 g/mol. The third-order valence-corrected chi connectivity index (χ3v) is 2.71. The maximum atomic E-state index is 10.6. The summed E-state index contributed by atoms with van der Waals surface area (Å²) in [7, 11) is 2.79. The quantitative estimate of drug-likeness (QED) is 0.445. The van der Waals surface area contributed by atoms with Crippen LogP contribution < -0.4 is 0 Å². The number of ether oxygens (including phenoxy) is 1. The van der Waals surface area contributed by atoms with Crippen LogP contribution in [0.3, 0.4) is 0 Å². The molecule has 0 amide bonds. The maximum absolute atomic E-state index is 10.6. The number of hydrogen-bond acceptors (Lipinski definition) is 2. The fourth-order valence-corrected chi connectivity index (χ4v) is 2.33. The summed E-state index contributed by atoms with van der Waals surface area (Å²) in [4.78, 5) is 10.6. The van der Waals surface area contributed by atoms with Crippen LogP contribution >= 0.6 is 9.24 Å². The van der Waals surface area contributed by atoms with Gasteiger partial charge in [0.15, 0.2) is 0 Å². The van der Waals surface area contributed by atoms with Crippen LogP contribution in [0.1, 0.15) is 26.7 Å². The second-order valence-corrected chi connectivity index (χ2v) is 4.30. The number of hydrogen-bond donors (Lipinski definition) is 0. The molecule has 2 nitrogen and oxygen atoms in total. The summed E-state index contributed by atoms with van der Waals surface area (Å²) in [5.41, 5.74) is 0.634. The Balaban J connectivity index is 2.40. The highest BCUT2D eigenvalue weighted by molar-refractivity contribution is 7.17. The molecule has 0 heterocycles. The Morgan fingerprint density at radius 3 is 2.55 bits per heavy atom. The standard InChI is InChI=1S/C8H15O2P/c1-5-3-7(11)4-8(5)10-6(2)9/h5,7-8H,3-4,11H2,1-2H3. The van der Waals surface area contributed by atoms with Crippen LogP contribution in [0.4, 0.5) is 0 Å². The molecule has 1 saturated carbocycles. The Morgan fingerprint density at radius 1 is 1.55 bits per heavy atom. The van der Waals surface area contributed by atoms with Crippen molar-refractivity contribution in [3.8, 4) is 0 Å². The Labute approximate surface area is 69.9 Å². The molecule has 1 rings (SSSR count). The van der Waals surface area contributed by atoms with Gasteiger partial charge >= 0.3 is 5.97 Å². The molecule has 0 saturated heterocycles. The first kappa shape index (κ1) is 8.99. The summed E-state index contributed by atoms with van der Waals surface area (Å²) in [6, 6.07) is 0. The van der Waals surface area contributed by atoms with E-state index in [-0.39, 0.29) is 12.1 Å². The van der Waals surface area contributed by atoms with Crippen LogP contribution in [0.2, 0.25) is 0 Å². The van der Waals surface area contributed by atoms with Gasteiger partial charge in [-0.1, -0.05) is 6.92 Å². The van der Waals surface area contributed by atoms with E-state index in [1.807, 2.05) is 0 Å². The molecule has 4 atom stereocenters. The van der Waals surface area contributed by atoms with Gasteiger partial charge in [-0.05, 0) is 24.4 Å². The van der Waals surface area contributed by atoms with Gasteiger partial charge < -0.3 is 4.74 Å². The van der Waals surface area contributed by atoms with Gasteiger partial charge in [0.25, 0.3) is 0 Å². The van der Waals surface area contributed by atoms with E-state index in [2.05, 4.69) is 16.2 Å². The summed E-state index contributed by atoms with van der Waals surface area (Å²) in [6.45, 7) is 3.61. The fraction of sp³-hybridized carbons (Fsp3) is 0.875. The van der Waals surface area contributed by atoms with Gasteiger partial charge in [0.05, 0.1) is 0 Å².